The van der Waals surface area contributed by atoms with Gasteiger partial charge in [-0.3, -0.25) is 19.8 Å². The molecular weight excluding hydrogens is 278 g/mol. The van der Waals surface area contributed by atoms with E-state index in [1.165, 1.54) is 7.11 Å². The standard InChI is InChI=1S/C13H23N3O5/c1-3-4-14-13(19)15-11(17)9-16-5-6-21-10(8-16)7-12(18)20-2/h10H,3-9H2,1-2H3,(H2,14,15,17,19). The summed E-state index contributed by atoms with van der Waals surface area (Å²) in [5, 5.41) is 4.83. The van der Waals surface area contributed by atoms with Gasteiger partial charge in [-0.2, -0.15) is 0 Å². The maximum atomic E-state index is 11.7. The number of ether oxygens (including phenoxy) is 2. The van der Waals surface area contributed by atoms with E-state index in [1.807, 2.05) is 11.8 Å². The first-order chi connectivity index (χ1) is 10.0. The molecule has 0 aromatic rings. The summed E-state index contributed by atoms with van der Waals surface area (Å²) in [5.41, 5.74) is 0. The van der Waals surface area contributed by atoms with Gasteiger partial charge in [0.2, 0.25) is 5.91 Å². The number of morpholine rings is 1. The summed E-state index contributed by atoms with van der Waals surface area (Å²) in [6, 6.07) is -0.485. The number of nitrogens with one attached hydrogen (secondary N) is 2. The van der Waals surface area contributed by atoms with Gasteiger partial charge >= 0.3 is 12.0 Å². The van der Waals surface area contributed by atoms with Crippen molar-refractivity contribution in [2.45, 2.75) is 25.9 Å². The van der Waals surface area contributed by atoms with E-state index >= 15 is 0 Å². The van der Waals surface area contributed by atoms with Crippen LogP contribution in [0.2, 0.25) is 0 Å². The Labute approximate surface area is 124 Å². The van der Waals surface area contributed by atoms with Gasteiger partial charge < -0.3 is 14.8 Å². The molecule has 8 nitrogen and oxygen atoms in total. The average Bonchev–Trinajstić information content (AvgIpc) is 2.45. The number of nitrogens with zero attached hydrogens (tertiary/aromatic N) is 1. The van der Waals surface area contributed by atoms with Crippen LogP contribution in [0.3, 0.4) is 0 Å². The first-order valence-corrected chi connectivity index (χ1v) is 7.03. The SMILES string of the molecule is CCCNC(=O)NC(=O)CN1CCOC(CC(=O)OC)C1. The van der Waals surface area contributed by atoms with Gasteiger partial charge in [-0.1, -0.05) is 6.92 Å². The molecular formula is C13H23N3O5. The highest BCUT2D eigenvalue weighted by Crippen LogP contribution is 2.09. The Morgan fingerprint density at radius 2 is 2.14 bits per heavy atom. The van der Waals surface area contributed by atoms with Gasteiger partial charge in [-0.05, 0) is 6.42 Å². The lowest BCUT2D eigenvalue weighted by Crippen LogP contribution is -2.49. The second kappa shape index (κ2) is 9.30. The van der Waals surface area contributed by atoms with Crippen LogP contribution in [0.15, 0.2) is 0 Å². The number of methoxy groups -OCH3 is 1. The highest BCUT2D eigenvalue weighted by atomic mass is 16.5. The number of carbonyl (C=O) groups excluding carboxylic acids is 3. The number of amides is 3. The molecule has 8 heteroatoms. The molecule has 0 aromatic heterocycles. The van der Waals surface area contributed by atoms with Crippen molar-refractivity contribution in [3.05, 3.63) is 0 Å². The lowest BCUT2D eigenvalue weighted by molar-refractivity contribution is -0.145. The summed E-state index contributed by atoms with van der Waals surface area (Å²) in [4.78, 5) is 36.1. The predicted molar refractivity (Wildman–Crippen MR) is 74.6 cm³/mol. The number of hydrogen-bond acceptors (Lipinski definition) is 6. The number of carbonyl (C=O) groups is 3. The van der Waals surface area contributed by atoms with Crippen LogP contribution in [0, 0.1) is 0 Å². The molecule has 1 atom stereocenters. The smallest absolute Gasteiger partial charge is 0.321 e. The van der Waals surface area contributed by atoms with E-state index < -0.39 is 6.03 Å². The summed E-state index contributed by atoms with van der Waals surface area (Å²) in [7, 11) is 1.32. The van der Waals surface area contributed by atoms with Crippen molar-refractivity contribution < 1.29 is 23.9 Å². The van der Waals surface area contributed by atoms with Crippen molar-refractivity contribution in [2.24, 2.45) is 0 Å². The van der Waals surface area contributed by atoms with Crippen molar-refractivity contribution in [2.75, 3.05) is 39.9 Å². The molecule has 1 fully saturated rings. The molecule has 0 saturated carbocycles. The lowest BCUT2D eigenvalue weighted by Gasteiger charge is -2.31. The average molecular weight is 301 g/mol. The quantitative estimate of drug-likeness (QED) is 0.641. The highest BCUT2D eigenvalue weighted by molar-refractivity contribution is 5.95. The summed E-state index contributed by atoms with van der Waals surface area (Å²) in [6.45, 7) is 4.04. The van der Waals surface area contributed by atoms with Crippen LogP contribution < -0.4 is 10.6 Å². The third kappa shape index (κ3) is 7.05. The summed E-state index contributed by atoms with van der Waals surface area (Å²) >= 11 is 0. The lowest BCUT2D eigenvalue weighted by atomic mass is 10.2. The molecule has 0 radical (unpaired) electrons. The largest absolute Gasteiger partial charge is 0.469 e. The van der Waals surface area contributed by atoms with E-state index in [9.17, 15) is 14.4 Å². The zero-order chi connectivity index (χ0) is 15.7. The molecule has 1 aliphatic heterocycles. The molecule has 0 spiro atoms. The maximum absolute atomic E-state index is 11.7. The second-order valence-electron chi connectivity index (χ2n) is 4.81. The Kier molecular flexibility index (Phi) is 7.70. The van der Waals surface area contributed by atoms with Crippen LogP contribution in [0.4, 0.5) is 4.79 Å². The molecule has 21 heavy (non-hydrogen) atoms. The fraction of sp³-hybridized carbons (Fsp3) is 0.769. The Balaban J connectivity index is 2.31. The van der Waals surface area contributed by atoms with Crippen LogP contribution in [0.25, 0.3) is 0 Å². The predicted octanol–water partition coefficient (Wildman–Crippen LogP) is -0.514. The fourth-order valence-electron chi connectivity index (χ4n) is 1.97. The molecule has 2 N–H and O–H groups in total. The van der Waals surface area contributed by atoms with Crippen molar-refractivity contribution >= 4 is 17.9 Å². The number of rotatable bonds is 6. The first kappa shape index (κ1) is 17.4. The van der Waals surface area contributed by atoms with E-state index in [1.54, 1.807) is 0 Å². The summed E-state index contributed by atoms with van der Waals surface area (Å²) in [6.07, 6.45) is 0.680. The van der Waals surface area contributed by atoms with Gasteiger partial charge in [0.15, 0.2) is 0 Å². The van der Waals surface area contributed by atoms with Crippen molar-refractivity contribution in [1.82, 2.24) is 15.5 Å². The molecule has 0 bridgehead atoms. The number of esters is 1. The van der Waals surface area contributed by atoms with Crippen LogP contribution in [-0.4, -0.2) is 68.8 Å². The normalized spacial score (nSPS) is 18.9. The molecule has 3 amide bonds. The Morgan fingerprint density at radius 3 is 2.81 bits per heavy atom. The topological polar surface area (TPSA) is 97.0 Å². The van der Waals surface area contributed by atoms with Crippen LogP contribution in [0.5, 0.6) is 0 Å². The van der Waals surface area contributed by atoms with E-state index in [2.05, 4.69) is 15.4 Å². The van der Waals surface area contributed by atoms with E-state index in [4.69, 9.17) is 4.74 Å². The minimum Gasteiger partial charge on any atom is -0.469 e. The Morgan fingerprint density at radius 1 is 1.38 bits per heavy atom. The Bertz CT molecular complexity index is 375. The van der Waals surface area contributed by atoms with Gasteiger partial charge in [0.05, 0.1) is 32.8 Å². The van der Waals surface area contributed by atoms with Crippen LogP contribution >= 0.6 is 0 Å². The number of hydrogen-bond donors (Lipinski definition) is 2. The molecule has 0 aromatic carbocycles. The number of imide groups is 1. The van der Waals surface area contributed by atoms with Gasteiger partial charge in [-0.25, -0.2) is 4.79 Å². The first-order valence-electron chi connectivity index (χ1n) is 7.03. The van der Waals surface area contributed by atoms with Gasteiger partial charge in [0.25, 0.3) is 0 Å². The maximum Gasteiger partial charge on any atom is 0.321 e. The summed E-state index contributed by atoms with van der Waals surface area (Å²) in [5.74, 6) is -0.715. The molecule has 1 heterocycles. The third-order valence-corrected chi connectivity index (χ3v) is 3.00. The van der Waals surface area contributed by atoms with Crippen molar-refractivity contribution in [3.63, 3.8) is 0 Å². The van der Waals surface area contributed by atoms with E-state index in [0.717, 1.165) is 6.42 Å². The highest BCUT2D eigenvalue weighted by Gasteiger charge is 2.24. The van der Waals surface area contributed by atoms with Crippen LogP contribution in [0.1, 0.15) is 19.8 Å². The molecule has 0 aliphatic carbocycles. The van der Waals surface area contributed by atoms with Gasteiger partial charge in [0.1, 0.15) is 0 Å². The van der Waals surface area contributed by atoms with E-state index in [-0.39, 0.29) is 30.9 Å². The van der Waals surface area contributed by atoms with Crippen LogP contribution in [-0.2, 0) is 19.1 Å². The fourth-order valence-corrected chi connectivity index (χ4v) is 1.97. The zero-order valence-corrected chi connectivity index (χ0v) is 12.5. The van der Waals surface area contributed by atoms with Gasteiger partial charge in [0, 0.05) is 19.6 Å². The molecule has 1 rings (SSSR count). The molecule has 120 valence electrons. The number of urea groups is 1. The monoisotopic (exact) mass is 301 g/mol. The minimum absolute atomic E-state index is 0.0978. The van der Waals surface area contributed by atoms with Crippen molar-refractivity contribution in [3.8, 4) is 0 Å². The second-order valence-corrected chi connectivity index (χ2v) is 4.81. The third-order valence-electron chi connectivity index (χ3n) is 3.00. The molecule has 1 saturated heterocycles. The zero-order valence-electron chi connectivity index (χ0n) is 12.5. The Hall–Kier alpha value is -1.67. The van der Waals surface area contributed by atoms with Gasteiger partial charge in [-0.15, -0.1) is 0 Å². The molecule has 1 unspecified atom stereocenters. The van der Waals surface area contributed by atoms with E-state index in [0.29, 0.717) is 26.2 Å². The van der Waals surface area contributed by atoms with Crippen molar-refractivity contribution in [1.29, 1.82) is 0 Å². The summed E-state index contributed by atoms with van der Waals surface area (Å²) < 4.78 is 10.0. The minimum atomic E-state index is -0.485. The molecule has 1 aliphatic rings.